The smallest absolute Gasteiger partial charge is 0.143 e. The van der Waals surface area contributed by atoms with Crippen LogP contribution < -0.4 is 30.4 Å². The maximum absolute atomic E-state index is 5.84. The number of aromatic amines is 4. The van der Waals surface area contributed by atoms with Crippen molar-refractivity contribution in [3.05, 3.63) is 120 Å². The molecule has 372 valence electrons. The van der Waals surface area contributed by atoms with Crippen molar-refractivity contribution in [2.75, 3.05) is 80.8 Å². The Morgan fingerprint density at radius 2 is 0.809 bits per heavy atom. The van der Waals surface area contributed by atoms with Gasteiger partial charge in [-0.3, -0.25) is 0 Å². The number of para-hydroxylation sites is 2. The molecule has 0 aliphatic heterocycles. The van der Waals surface area contributed by atoms with Crippen LogP contribution in [0.1, 0.15) is 62.8 Å². The summed E-state index contributed by atoms with van der Waals surface area (Å²) in [5, 5.41) is 4.92. The number of nitrogens with one attached hydrogen (secondary N) is 4. The number of nitrogens with zero attached hydrogens (tertiary/aromatic N) is 2. The van der Waals surface area contributed by atoms with Crippen molar-refractivity contribution < 1.29 is 18.9 Å². The van der Waals surface area contributed by atoms with Crippen molar-refractivity contribution in [1.29, 1.82) is 0 Å². The minimum Gasteiger partial charge on any atom is -0.493 e. The topological polar surface area (TPSA) is 159 Å². The molecule has 0 aliphatic rings. The van der Waals surface area contributed by atoms with Crippen molar-refractivity contribution in [3.8, 4) is 23.0 Å². The third-order valence-corrected chi connectivity index (χ3v) is 11.0. The second-order valence-corrected chi connectivity index (χ2v) is 16.7. The Morgan fingerprint density at radius 3 is 1.22 bits per heavy atom. The van der Waals surface area contributed by atoms with E-state index in [0.717, 1.165) is 110 Å². The molecule has 8 rings (SSSR count). The Morgan fingerprint density at radius 1 is 0.441 bits per heavy atom. The molecule has 12 nitrogen and oxygen atoms in total. The lowest BCUT2D eigenvalue weighted by molar-refractivity contribution is 0.321. The van der Waals surface area contributed by atoms with Gasteiger partial charge < -0.3 is 60.2 Å². The van der Waals surface area contributed by atoms with Crippen molar-refractivity contribution in [1.82, 2.24) is 29.7 Å². The average Bonchev–Trinajstić information content (AvgIpc) is 4.14. The summed E-state index contributed by atoms with van der Waals surface area (Å²) in [7, 11) is 8.40. The second kappa shape index (κ2) is 30.2. The summed E-state index contributed by atoms with van der Waals surface area (Å²) in [6, 6.07) is 24.6. The molecule has 14 heteroatoms. The monoisotopic (exact) mass is 973 g/mol. The molecule has 4 aromatic heterocycles. The zero-order valence-corrected chi connectivity index (χ0v) is 43.3. The van der Waals surface area contributed by atoms with Crippen LogP contribution in [0.3, 0.4) is 0 Å². The summed E-state index contributed by atoms with van der Waals surface area (Å²) in [4.78, 5) is 17.6. The predicted molar refractivity (Wildman–Crippen MR) is 292 cm³/mol. The lowest BCUT2D eigenvalue weighted by Gasteiger charge is -2.10. The van der Waals surface area contributed by atoms with Crippen molar-refractivity contribution >= 4 is 68.4 Å². The summed E-state index contributed by atoms with van der Waals surface area (Å²) < 4.78 is 22.8. The van der Waals surface area contributed by atoms with Crippen molar-refractivity contribution in [3.63, 3.8) is 0 Å². The van der Waals surface area contributed by atoms with E-state index in [1.165, 1.54) is 43.8 Å². The van der Waals surface area contributed by atoms with Gasteiger partial charge >= 0.3 is 0 Å². The first kappa shape index (κ1) is 57.0. The Bertz CT molecular complexity index is 2630. The van der Waals surface area contributed by atoms with Crippen molar-refractivity contribution in [2.24, 2.45) is 11.5 Å². The molecule has 0 amide bonds. The van der Waals surface area contributed by atoms with Crippen molar-refractivity contribution in [2.45, 2.75) is 66.2 Å². The highest BCUT2D eigenvalue weighted by atomic mass is 35.5. The highest BCUT2D eigenvalue weighted by Crippen LogP contribution is 2.31. The first-order valence-electron chi connectivity index (χ1n) is 23.7. The molecule has 4 aromatic carbocycles. The van der Waals surface area contributed by atoms with Gasteiger partial charge in [0.1, 0.15) is 23.0 Å². The molecule has 8 aromatic rings. The van der Waals surface area contributed by atoms with Gasteiger partial charge in [0.25, 0.3) is 0 Å². The van der Waals surface area contributed by atoms with E-state index in [0.29, 0.717) is 26.3 Å². The molecule has 0 aliphatic carbocycles. The predicted octanol–water partition coefficient (Wildman–Crippen LogP) is 11.1. The summed E-state index contributed by atoms with van der Waals surface area (Å²) in [5.41, 5.74) is 20.8. The van der Waals surface area contributed by atoms with E-state index in [4.69, 9.17) is 30.4 Å². The number of H-pyrrole nitrogens is 4. The number of rotatable bonds is 20. The number of benzene rings is 4. The van der Waals surface area contributed by atoms with E-state index in [2.05, 4.69) is 121 Å². The minimum atomic E-state index is 0. The SMILES string of the molecule is CCCOc1cccc2[nH]cc(CCN(C)C)c12.CCCOc1cccc2[nH]cc(CCN)c12.CCOc1cccc2c(CCN(C)C)c[nH]c12.CCOc1cccc2c(CCN)c[nH]c12.Cl.Cl. The summed E-state index contributed by atoms with van der Waals surface area (Å²) in [5.74, 6) is 3.83. The molecule has 68 heavy (non-hydrogen) atoms. The van der Waals surface area contributed by atoms with Crippen LogP contribution in [0.25, 0.3) is 43.6 Å². The molecule has 0 spiro atoms. The fourth-order valence-corrected chi connectivity index (χ4v) is 7.83. The molecular weight excluding hydrogens is 896 g/mol. The summed E-state index contributed by atoms with van der Waals surface area (Å²) in [6.07, 6.45) is 14.2. The highest BCUT2D eigenvalue weighted by Gasteiger charge is 2.12. The molecular formula is C54H78Cl2N8O4. The Balaban J connectivity index is 0.000000238. The Labute approximate surface area is 416 Å². The summed E-state index contributed by atoms with van der Waals surface area (Å²) in [6.45, 7) is 14.6. The molecule has 4 heterocycles. The van der Waals surface area contributed by atoms with Crippen LogP contribution in [-0.2, 0) is 25.7 Å². The van der Waals surface area contributed by atoms with Crippen LogP contribution in [0.15, 0.2) is 97.6 Å². The van der Waals surface area contributed by atoms with Gasteiger partial charge in [-0.15, -0.1) is 24.8 Å². The van der Waals surface area contributed by atoms with Gasteiger partial charge in [-0.1, -0.05) is 50.2 Å². The first-order valence-corrected chi connectivity index (χ1v) is 23.7. The number of halogens is 2. The maximum atomic E-state index is 5.84. The van der Waals surface area contributed by atoms with E-state index in [1.54, 1.807) is 0 Å². The number of fused-ring (bicyclic) bond motifs is 4. The van der Waals surface area contributed by atoms with Gasteiger partial charge in [0.15, 0.2) is 0 Å². The third kappa shape index (κ3) is 15.9. The van der Waals surface area contributed by atoms with Gasteiger partial charge in [-0.05, 0) is 152 Å². The first-order chi connectivity index (χ1) is 32.2. The molecule has 0 unspecified atom stereocenters. The van der Waals surface area contributed by atoms with Crippen LogP contribution in [0.4, 0.5) is 0 Å². The molecule has 0 atom stereocenters. The van der Waals surface area contributed by atoms with Crippen LogP contribution >= 0.6 is 24.8 Å². The van der Waals surface area contributed by atoms with Gasteiger partial charge in [0, 0.05) is 70.5 Å². The summed E-state index contributed by atoms with van der Waals surface area (Å²) >= 11 is 0. The number of ether oxygens (including phenoxy) is 4. The third-order valence-electron chi connectivity index (χ3n) is 11.0. The van der Waals surface area contributed by atoms with Gasteiger partial charge in [-0.2, -0.15) is 0 Å². The highest BCUT2D eigenvalue weighted by molar-refractivity contribution is 5.91. The van der Waals surface area contributed by atoms with Crippen LogP contribution in [0.2, 0.25) is 0 Å². The van der Waals surface area contributed by atoms with Crippen LogP contribution in [0.5, 0.6) is 23.0 Å². The Kier molecular flexibility index (Phi) is 25.3. The number of aromatic nitrogens is 4. The minimum absolute atomic E-state index is 0. The quantitative estimate of drug-likeness (QED) is 0.0440. The zero-order chi connectivity index (χ0) is 47.3. The molecule has 0 saturated heterocycles. The number of hydrogen-bond acceptors (Lipinski definition) is 8. The zero-order valence-electron chi connectivity index (χ0n) is 41.6. The van der Waals surface area contributed by atoms with Gasteiger partial charge in [0.2, 0.25) is 0 Å². The Hall–Kier alpha value is -5.34. The number of likely N-dealkylation sites (N-methyl/N-ethyl adjacent to an activating group) is 2. The van der Waals surface area contributed by atoms with E-state index in [1.807, 2.05) is 62.6 Å². The van der Waals surface area contributed by atoms with Gasteiger partial charge in [-0.25, -0.2) is 0 Å². The van der Waals surface area contributed by atoms with E-state index < -0.39 is 0 Å². The second-order valence-electron chi connectivity index (χ2n) is 16.7. The lowest BCUT2D eigenvalue weighted by Crippen LogP contribution is -2.14. The number of hydrogen-bond donors (Lipinski definition) is 6. The largest absolute Gasteiger partial charge is 0.493 e. The van der Waals surface area contributed by atoms with E-state index in [-0.39, 0.29) is 24.8 Å². The van der Waals surface area contributed by atoms with Crippen LogP contribution in [-0.4, -0.2) is 111 Å². The fraction of sp³-hybridized carbons (Fsp3) is 0.407. The number of nitrogens with two attached hydrogens (primary N) is 2. The molecule has 0 saturated carbocycles. The molecule has 8 N–H and O–H groups in total. The molecule has 0 bridgehead atoms. The molecule has 0 fully saturated rings. The maximum Gasteiger partial charge on any atom is 0.143 e. The lowest BCUT2D eigenvalue weighted by atomic mass is 10.1. The normalized spacial score (nSPS) is 10.8. The average molecular weight is 974 g/mol. The van der Waals surface area contributed by atoms with E-state index in [9.17, 15) is 0 Å². The van der Waals surface area contributed by atoms with Crippen LogP contribution in [0, 0.1) is 0 Å². The fourth-order valence-electron chi connectivity index (χ4n) is 7.83. The molecule has 0 radical (unpaired) electrons. The standard InChI is InChI=1S/C15H22N2O.C14H20N2O.C13H18N2O.C12H16N2O.2ClH/c1-4-10-18-14-7-5-6-13-15(14)12(11-16-13)8-9-17(2)3;1-4-17-13-7-5-6-12-11(8-9-16(2)3)10-15-14(12)13;1-2-8-16-12-5-3-4-11-13(12)10(6-7-14)9-15-11;1-2-15-11-5-3-4-10-9(6-7-13)8-14-12(10)11;;/h5-7,11,16H,4,8-10H2,1-3H3;5-7,10,15H,4,8-9H2,1-3H3;3-5,9,15H,2,6-8,14H2,1H3;3-5,8,14H,2,6-7,13H2,1H3;2*1H. The van der Waals surface area contributed by atoms with Gasteiger partial charge in [0.05, 0.1) is 37.5 Å². The van der Waals surface area contributed by atoms with E-state index >= 15 is 0 Å².